The number of halogens is 2. The van der Waals surface area contributed by atoms with Crippen LogP contribution in [0.15, 0.2) is 34.2 Å². The Morgan fingerprint density at radius 3 is 2.53 bits per heavy atom. The van der Waals surface area contributed by atoms with E-state index in [0.717, 1.165) is 10.4 Å². The number of benzene rings is 1. The van der Waals surface area contributed by atoms with Gasteiger partial charge in [-0.05, 0) is 57.5 Å². The summed E-state index contributed by atoms with van der Waals surface area (Å²) in [5.74, 6) is -0.244. The van der Waals surface area contributed by atoms with Crippen LogP contribution in [0.2, 0.25) is 0 Å². The summed E-state index contributed by atoms with van der Waals surface area (Å²) in [6.07, 6.45) is 0. The Labute approximate surface area is 180 Å². The summed E-state index contributed by atoms with van der Waals surface area (Å²) < 4.78 is 30.3. The van der Waals surface area contributed by atoms with Crippen molar-refractivity contribution >= 4 is 44.9 Å². The first-order chi connectivity index (χ1) is 14.2. The molecule has 0 radical (unpaired) electrons. The molecular formula is C20H21F2N3O3S2. The molecule has 0 aliphatic carbocycles. The molecule has 2 heterocycles. The van der Waals surface area contributed by atoms with Gasteiger partial charge in [-0.3, -0.25) is 14.2 Å². The van der Waals surface area contributed by atoms with Gasteiger partial charge in [0, 0.05) is 16.6 Å². The number of fused-ring (bicyclic) bond motifs is 1. The summed E-state index contributed by atoms with van der Waals surface area (Å²) in [4.78, 5) is 31.7. The van der Waals surface area contributed by atoms with Crippen LogP contribution in [0.25, 0.3) is 10.2 Å². The second-order valence-corrected chi connectivity index (χ2v) is 9.01. The lowest BCUT2D eigenvalue weighted by Crippen LogP contribution is -2.25. The monoisotopic (exact) mass is 453 g/mol. The number of amides is 1. The molecule has 0 aliphatic rings. The molecule has 10 heteroatoms. The second-order valence-electron chi connectivity index (χ2n) is 6.87. The van der Waals surface area contributed by atoms with Gasteiger partial charge >= 0.3 is 6.61 Å². The maximum Gasteiger partial charge on any atom is 0.387 e. The highest BCUT2D eigenvalue weighted by Gasteiger charge is 2.19. The number of aromatic nitrogens is 2. The zero-order valence-corrected chi connectivity index (χ0v) is 18.5. The van der Waals surface area contributed by atoms with Crippen LogP contribution in [0.1, 0.15) is 30.3 Å². The number of carbonyl (C=O) groups is 1. The molecule has 0 saturated heterocycles. The number of hydrogen-bond acceptors (Lipinski definition) is 6. The Kier molecular flexibility index (Phi) is 6.77. The lowest BCUT2D eigenvalue weighted by atomic mass is 10.2. The fourth-order valence-electron chi connectivity index (χ4n) is 2.89. The maximum absolute atomic E-state index is 13.0. The van der Waals surface area contributed by atoms with Crippen LogP contribution < -0.4 is 15.6 Å². The van der Waals surface area contributed by atoms with E-state index in [1.165, 1.54) is 47.4 Å². The minimum Gasteiger partial charge on any atom is -0.435 e. The molecule has 160 valence electrons. The van der Waals surface area contributed by atoms with Crippen molar-refractivity contribution in [2.75, 3.05) is 11.1 Å². The van der Waals surface area contributed by atoms with Gasteiger partial charge in [0.1, 0.15) is 10.6 Å². The predicted octanol–water partition coefficient (Wildman–Crippen LogP) is 4.99. The van der Waals surface area contributed by atoms with Crippen LogP contribution in [0.3, 0.4) is 0 Å². The van der Waals surface area contributed by atoms with Gasteiger partial charge in [-0.2, -0.15) is 8.78 Å². The van der Waals surface area contributed by atoms with E-state index in [9.17, 15) is 18.4 Å². The molecule has 0 fully saturated rings. The van der Waals surface area contributed by atoms with Crippen molar-refractivity contribution in [3.8, 4) is 5.75 Å². The second kappa shape index (κ2) is 9.13. The Morgan fingerprint density at radius 1 is 1.27 bits per heavy atom. The molecule has 0 spiro atoms. The minimum absolute atomic E-state index is 0.0114. The lowest BCUT2D eigenvalue weighted by Gasteiger charge is -2.15. The molecule has 0 unspecified atom stereocenters. The standard InChI is InChI=1S/C20H21F2N3O3S2/c1-10(2)25-18(27)16-11(3)12(4)30-17(16)24-20(25)29-9-15(26)23-13-5-7-14(8-6-13)28-19(21)22/h5-8,10,19H,9H2,1-4H3,(H,23,26). The molecule has 0 bridgehead atoms. The Hall–Kier alpha value is -2.46. The van der Waals surface area contributed by atoms with Gasteiger partial charge in [0.05, 0.1) is 11.1 Å². The first-order valence-corrected chi connectivity index (χ1v) is 11.0. The fraction of sp³-hybridized carbons (Fsp3) is 0.350. The third-order valence-electron chi connectivity index (χ3n) is 4.41. The number of thioether (sulfide) groups is 1. The summed E-state index contributed by atoms with van der Waals surface area (Å²) >= 11 is 2.65. The molecule has 1 N–H and O–H groups in total. The normalized spacial score (nSPS) is 11.5. The largest absolute Gasteiger partial charge is 0.435 e. The van der Waals surface area contributed by atoms with Crippen LogP contribution >= 0.6 is 23.1 Å². The van der Waals surface area contributed by atoms with E-state index >= 15 is 0 Å². The van der Waals surface area contributed by atoms with Gasteiger partial charge in [-0.25, -0.2) is 4.98 Å². The number of aryl methyl sites for hydroxylation is 2. The number of hydrogen-bond donors (Lipinski definition) is 1. The Morgan fingerprint density at radius 2 is 1.93 bits per heavy atom. The van der Waals surface area contributed by atoms with E-state index in [0.29, 0.717) is 21.1 Å². The van der Waals surface area contributed by atoms with Gasteiger partial charge in [0.2, 0.25) is 5.91 Å². The molecule has 2 aromatic heterocycles. The highest BCUT2D eigenvalue weighted by atomic mass is 32.2. The minimum atomic E-state index is -2.90. The zero-order chi connectivity index (χ0) is 22.0. The van der Waals surface area contributed by atoms with Crippen LogP contribution in [-0.4, -0.2) is 27.8 Å². The van der Waals surface area contributed by atoms with Crippen LogP contribution in [0.4, 0.5) is 14.5 Å². The molecule has 1 aromatic carbocycles. The number of carbonyl (C=O) groups excluding carboxylic acids is 1. The van der Waals surface area contributed by atoms with Crippen molar-refractivity contribution in [3.63, 3.8) is 0 Å². The molecule has 3 rings (SSSR count). The van der Waals surface area contributed by atoms with Crippen LogP contribution in [0, 0.1) is 13.8 Å². The highest BCUT2D eigenvalue weighted by molar-refractivity contribution is 7.99. The molecule has 0 atom stereocenters. The molecule has 6 nitrogen and oxygen atoms in total. The van der Waals surface area contributed by atoms with E-state index in [2.05, 4.69) is 15.0 Å². The molecule has 0 aliphatic heterocycles. The van der Waals surface area contributed by atoms with Gasteiger partial charge < -0.3 is 10.1 Å². The van der Waals surface area contributed by atoms with Gasteiger partial charge in [0.25, 0.3) is 5.56 Å². The van der Waals surface area contributed by atoms with Crippen molar-refractivity contribution in [3.05, 3.63) is 45.1 Å². The summed E-state index contributed by atoms with van der Waals surface area (Å²) in [6.45, 7) is 4.77. The lowest BCUT2D eigenvalue weighted by molar-refractivity contribution is -0.113. The van der Waals surface area contributed by atoms with Crippen molar-refractivity contribution in [1.82, 2.24) is 9.55 Å². The molecular weight excluding hydrogens is 432 g/mol. The first kappa shape index (κ1) is 22.2. The van der Waals surface area contributed by atoms with Crippen molar-refractivity contribution in [1.29, 1.82) is 0 Å². The van der Waals surface area contributed by atoms with E-state index in [1.54, 1.807) is 4.57 Å². The van der Waals surface area contributed by atoms with E-state index in [-0.39, 0.29) is 29.0 Å². The van der Waals surface area contributed by atoms with Crippen molar-refractivity contribution in [2.45, 2.75) is 45.5 Å². The molecule has 0 saturated carbocycles. The van der Waals surface area contributed by atoms with Crippen LogP contribution in [0.5, 0.6) is 5.75 Å². The first-order valence-electron chi connectivity index (χ1n) is 9.17. The molecule has 1 amide bonds. The number of nitrogens with zero attached hydrogens (tertiary/aromatic N) is 2. The fourth-order valence-corrected chi connectivity index (χ4v) is 4.89. The predicted molar refractivity (Wildman–Crippen MR) is 116 cm³/mol. The van der Waals surface area contributed by atoms with E-state index in [1.807, 2.05) is 27.7 Å². The highest BCUT2D eigenvalue weighted by Crippen LogP contribution is 2.29. The van der Waals surface area contributed by atoms with Gasteiger partial charge in [-0.1, -0.05) is 11.8 Å². The third kappa shape index (κ3) is 4.81. The van der Waals surface area contributed by atoms with Crippen molar-refractivity contribution in [2.24, 2.45) is 0 Å². The topological polar surface area (TPSA) is 73.2 Å². The van der Waals surface area contributed by atoms with E-state index in [4.69, 9.17) is 0 Å². The Bertz CT molecular complexity index is 1130. The third-order valence-corrected chi connectivity index (χ3v) is 6.47. The number of alkyl halides is 2. The molecule has 3 aromatic rings. The number of ether oxygens (including phenoxy) is 1. The van der Waals surface area contributed by atoms with E-state index < -0.39 is 6.61 Å². The summed E-state index contributed by atoms with van der Waals surface area (Å²) in [5.41, 5.74) is 1.29. The maximum atomic E-state index is 13.0. The summed E-state index contributed by atoms with van der Waals surface area (Å²) in [7, 11) is 0. The number of anilines is 1. The van der Waals surface area contributed by atoms with Crippen LogP contribution in [-0.2, 0) is 4.79 Å². The molecule has 30 heavy (non-hydrogen) atoms. The summed E-state index contributed by atoms with van der Waals surface area (Å²) in [5, 5.41) is 3.81. The average molecular weight is 454 g/mol. The average Bonchev–Trinajstić information content (AvgIpc) is 2.95. The van der Waals surface area contributed by atoms with Gasteiger partial charge in [-0.15, -0.1) is 11.3 Å². The summed E-state index contributed by atoms with van der Waals surface area (Å²) in [6, 6.07) is 5.55. The number of rotatable bonds is 7. The Balaban J connectivity index is 1.75. The number of nitrogens with one attached hydrogen (secondary N) is 1. The quantitative estimate of drug-likeness (QED) is 0.403. The van der Waals surface area contributed by atoms with Gasteiger partial charge in [0.15, 0.2) is 5.16 Å². The zero-order valence-electron chi connectivity index (χ0n) is 16.9. The van der Waals surface area contributed by atoms with Crippen molar-refractivity contribution < 1.29 is 18.3 Å². The SMILES string of the molecule is Cc1sc2nc(SCC(=O)Nc3ccc(OC(F)F)cc3)n(C(C)C)c(=O)c2c1C. The number of thiophene rings is 1. The smallest absolute Gasteiger partial charge is 0.387 e.